The summed E-state index contributed by atoms with van der Waals surface area (Å²) in [5.41, 5.74) is 2.20. The Kier molecular flexibility index (Phi) is 2.84. The van der Waals surface area contributed by atoms with E-state index in [9.17, 15) is 5.26 Å². The van der Waals surface area contributed by atoms with E-state index in [0.29, 0.717) is 18.2 Å². The lowest BCUT2D eigenvalue weighted by atomic mass is 10.1. The average molecular weight is 373 g/mol. The number of amidine groups is 1. The highest BCUT2D eigenvalue weighted by Crippen LogP contribution is 2.51. The molecule has 0 amide bonds. The summed E-state index contributed by atoms with van der Waals surface area (Å²) in [6.45, 7) is 0.344. The molecule has 138 valence electrons. The molecular weight excluding hydrogens is 358 g/mol. The Hall–Kier alpha value is -3.71. The number of methoxy groups -OCH3 is 1. The quantitative estimate of drug-likeness (QED) is 0.684. The lowest BCUT2D eigenvalue weighted by molar-refractivity contribution is 0.0754. The summed E-state index contributed by atoms with van der Waals surface area (Å²) < 4.78 is 8.95. The van der Waals surface area contributed by atoms with Gasteiger partial charge in [0.05, 0.1) is 11.9 Å². The van der Waals surface area contributed by atoms with Crippen LogP contribution in [0.5, 0.6) is 0 Å². The molecule has 1 aliphatic carbocycles. The summed E-state index contributed by atoms with van der Waals surface area (Å²) in [4.78, 5) is 9.10. The van der Waals surface area contributed by atoms with Crippen LogP contribution in [-0.4, -0.2) is 44.2 Å². The molecule has 0 N–H and O–H groups in total. The minimum absolute atomic E-state index is 0.344. The predicted molar refractivity (Wildman–Crippen MR) is 98.9 cm³/mol. The van der Waals surface area contributed by atoms with Crippen LogP contribution in [0.2, 0.25) is 0 Å². The van der Waals surface area contributed by atoms with Gasteiger partial charge in [-0.25, -0.2) is 20.0 Å². The maximum Gasteiger partial charge on any atom is 0.210 e. The van der Waals surface area contributed by atoms with Crippen LogP contribution in [0.1, 0.15) is 24.1 Å². The van der Waals surface area contributed by atoms with E-state index in [1.165, 1.54) is 4.68 Å². The number of aromatic nitrogens is 5. The van der Waals surface area contributed by atoms with Gasteiger partial charge in [0.1, 0.15) is 24.3 Å². The maximum absolute atomic E-state index is 9.63. The first-order valence-corrected chi connectivity index (χ1v) is 8.93. The molecule has 6 rings (SSSR count). The number of imidazole rings is 1. The van der Waals surface area contributed by atoms with Crippen molar-refractivity contribution in [2.24, 2.45) is 4.99 Å². The second kappa shape index (κ2) is 5.17. The van der Waals surface area contributed by atoms with Crippen molar-refractivity contribution in [1.82, 2.24) is 24.5 Å². The van der Waals surface area contributed by atoms with Crippen molar-refractivity contribution in [1.29, 1.82) is 5.26 Å². The lowest BCUT2D eigenvalue weighted by Gasteiger charge is -2.35. The highest BCUT2D eigenvalue weighted by molar-refractivity contribution is 6.16. The molecule has 2 aromatic heterocycles. The molecule has 1 saturated carbocycles. The Labute approximate surface area is 159 Å². The third-order valence-electron chi connectivity index (χ3n) is 5.55. The van der Waals surface area contributed by atoms with Crippen LogP contribution in [0.3, 0.4) is 0 Å². The predicted octanol–water partition coefficient (Wildman–Crippen LogP) is 1.39. The number of anilines is 2. The molecule has 1 aromatic carbocycles. The molecular formula is C18H15N9O. The first-order chi connectivity index (χ1) is 13.8. The van der Waals surface area contributed by atoms with Crippen molar-refractivity contribution in [3.05, 3.63) is 48.0 Å². The Morgan fingerprint density at radius 3 is 2.89 bits per heavy atom. The second-order valence-corrected chi connectivity index (χ2v) is 6.95. The zero-order chi connectivity index (χ0) is 18.9. The Morgan fingerprint density at radius 1 is 1.25 bits per heavy atom. The molecule has 10 nitrogen and oxygen atoms in total. The van der Waals surface area contributed by atoms with Gasteiger partial charge >= 0.3 is 0 Å². The fourth-order valence-corrected chi connectivity index (χ4v) is 4.00. The molecule has 3 aromatic rings. The van der Waals surface area contributed by atoms with Crippen LogP contribution in [0, 0.1) is 11.5 Å². The van der Waals surface area contributed by atoms with Crippen molar-refractivity contribution in [3.63, 3.8) is 0 Å². The van der Waals surface area contributed by atoms with E-state index in [1.54, 1.807) is 19.6 Å². The minimum Gasteiger partial charge on any atom is -0.372 e. The van der Waals surface area contributed by atoms with Gasteiger partial charge in [-0.15, -0.1) is 9.78 Å². The molecule has 0 radical (unpaired) electrons. The minimum atomic E-state index is -0.485. The first-order valence-electron chi connectivity index (χ1n) is 8.93. The summed E-state index contributed by atoms with van der Waals surface area (Å²) in [5.74, 6) is 2.23. The van der Waals surface area contributed by atoms with Crippen molar-refractivity contribution in [2.45, 2.75) is 18.4 Å². The van der Waals surface area contributed by atoms with Crippen LogP contribution in [0.15, 0.2) is 41.8 Å². The zero-order valence-electron chi connectivity index (χ0n) is 15.0. The zero-order valence-corrected chi connectivity index (χ0v) is 15.0. The number of nitriles is 1. The van der Waals surface area contributed by atoms with E-state index >= 15 is 0 Å². The standard InChI is InChI=1S/C18H15N9O/c1-28-18(6-7-18)15-17(25(9-19)23-22-15)26-11-21-16-12-4-2-3-5-13(12)24-10-20-8-14(24)27(16)26/h2-5,8,10H,6-7,11H2,1H3. The highest BCUT2D eigenvalue weighted by Gasteiger charge is 2.52. The van der Waals surface area contributed by atoms with Gasteiger partial charge in [0.15, 0.2) is 17.5 Å². The summed E-state index contributed by atoms with van der Waals surface area (Å²) in [6.07, 6.45) is 7.36. The summed E-state index contributed by atoms with van der Waals surface area (Å²) in [6, 6.07) is 8.06. The van der Waals surface area contributed by atoms with E-state index in [-0.39, 0.29) is 0 Å². The molecule has 1 fully saturated rings. The summed E-state index contributed by atoms with van der Waals surface area (Å²) in [7, 11) is 1.67. The van der Waals surface area contributed by atoms with Gasteiger partial charge in [-0.05, 0) is 25.0 Å². The Morgan fingerprint density at radius 2 is 2.11 bits per heavy atom. The van der Waals surface area contributed by atoms with Gasteiger partial charge in [0.25, 0.3) is 0 Å². The lowest BCUT2D eigenvalue weighted by Crippen LogP contribution is -2.46. The van der Waals surface area contributed by atoms with E-state index < -0.39 is 5.60 Å². The number of benzene rings is 1. The third kappa shape index (κ3) is 1.78. The number of fused-ring (bicyclic) bond motifs is 6. The van der Waals surface area contributed by atoms with Crippen LogP contribution in [0.25, 0.3) is 5.69 Å². The third-order valence-corrected chi connectivity index (χ3v) is 5.55. The largest absolute Gasteiger partial charge is 0.372 e. The number of nitrogens with zero attached hydrogens (tertiary/aromatic N) is 9. The Bertz CT molecular complexity index is 1180. The molecule has 0 bridgehead atoms. The van der Waals surface area contributed by atoms with Gasteiger partial charge in [0.2, 0.25) is 6.19 Å². The molecule has 0 spiro atoms. The van der Waals surface area contributed by atoms with Crippen LogP contribution < -0.4 is 10.0 Å². The normalized spacial score (nSPS) is 18.2. The fourth-order valence-electron chi connectivity index (χ4n) is 4.00. The van der Waals surface area contributed by atoms with Crippen molar-refractivity contribution in [2.75, 3.05) is 23.8 Å². The van der Waals surface area contributed by atoms with Gasteiger partial charge in [-0.3, -0.25) is 4.57 Å². The van der Waals surface area contributed by atoms with Crippen LogP contribution in [-0.2, 0) is 10.3 Å². The number of rotatable bonds is 3. The van der Waals surface area contributed by atoms with Crippen LogP contribution >= 0.6 is 0 Å². The average Bonchev–Trinajstić information content (AvgIpc) is 3.10. The van der Waals surface area contributed by atoms with E-state index in [1.807, 2.05) is 38.9 Å². The molecule has 4 heterocycles. The first kappa shape index (κ1) is 15.4. The number of ether oxygens (including phenoxy) is 1. The molecule has 10 heteroatoms. The maximum atomic E-state index is 9.63. The summed E-state index contributed by atoms with van der Waals surface area (Å²) in [5, 5.41) is 21.8. The van der Waals surface area contributed by atoms with Crippen molar-refractivity contribution < 1.29 is 4.74 Å². The highest BCUT2D eigenvalue weighted by atomic mass is 16.5. The van der Waals surface area contributed by atoms with Gasteiger partial charge in [0, 0.05) is 12.7 Å². The van der Waals surface area contributed by atoms with E-state index in [2.05, 4.69) is 21.5 Å². The van der Waals surface area contributed by atoms with Crippen molar-refractivity contribution >= 4 is 17.5 Å². The van der Waals surface area contributed by atoms with Crippen molar-refractivity contribution in [3.8, 4) is 11.9 Å². The number of hydrogen-bond donors (Lipinski definition) is 0. The number of hydrazine groups is 1. The smallest absolute Gasteiger partial charge is 0.210 e. The molecule has 3 aliphatic rings. The van der Waals surface area contributed by atoms with Crippen LogP contribution in [0.4, 0.5) is 11.6 Å². The monoisotopic (exact) mass is 373 g/mol. The number of aliphatic imine (C=N–C) groups is 1. The van der Waals surface area contributed by atoms with E-state index in [0.717, 1.165) is 35.7 Å². The molecule has 0 saturated heterocycles. The van der Waals surface area contributed by atoms with Gasteiger partial charge in [-0.2, -0.15) is 5.26 Å². The number of hydrogen-bond acceptors (Lipinski definition) is 8. The topological polar surface area (TPSA) is 100 Å². The second-order valence-electron chi connectivity index (χ2n) is 6.95. The molecule has 2 aliphatic heterocycles. The number of para-hydroxylation sites is 1. The van der Waals surface area contributed by atoms with Gasteiger partial charge < -0.3 is 4.74 Å². The Balaban J connectivity index is 1.54. The summed E-state index contributed by atoms with van der Waals surface area (Å²) >= 11 is 0. The molecule has 28 heavy (non-hydrogen) atoms. The van der Waals surface area contributed by atoms with Gasteiger partial charge in [-0.1, -0.05) is 17.3 Å². The van der Waals surface area contributed by atoms with E-state index in [4.69, 9.17) is 9.73 Å². The molecule has 0 unspecified atom stereocenters. The molecule has 0 atom stereocenters. The SMILES string of the molecule is COC1(c2nnn(C#N)c2N2CN=C3c4ccccc4-n4cncc4N32)CC1. The fraction of sp³-hybridized carbons (Fsp3) is 0.278.